The standard InChI is InChI=1S/C13H21N3/c1-3-13(4-2)7-8-16(10-13)11-5-6-12(14)15-9-11/h5-6,9H,3-4,7-8,10H2,1-2H3,(H2,14,15). The molecule has 0 atom stereocenters. The van der Waals surface area contributed by atoms with Crippen molar-refractivity contribution in [3.63, 3.8) is 0 Å². The predicted molar refractivity (Wildman–Crippen MR) is 68.5 cm³/mol. The van der Waals surface area contributed by atoms with Gasteiger partial charge in [0.05, 0.1) is 11.9 Å². The molecule has 0 bridgehead atoms. The third-order valence-corrected chi connectivity index (χ3v) is 4.07. The molecule has 1 aliphatic heterocycles. The van der Waals surface area contributed by atoms with Crippen molar-refractivity contribution in [2.24, 2.45) is 5.41 Å². The number of nitrogens with zero attached hydrogens (tertiary/aromatic N) is 2. The molecule has 1 aromatic rings. The molecule has 1 aromatic heterocycles. The maximum Gasteiger partial charge on any atom is 0.123 e. The number of nitrogen functional groups attached to an aromatic ring is 1. The number of hydrogen-bond donors (Lipinski definition) is 1. The van der Waals surface area contributed by atoms with Gasteiger partial charge in [-0.15, -0.1) is 0 Å². The van der Waals surface area contributed by atoms with Crippen LogP contribution in [0.5, 0.6) is 0 Å². The van der Waals surface area contributed by atoms with Crippen molar-refractivity contribution in [2.75, 3.05) is 23.7 Å². The molecule has 0 unspecified atom stereocenters. The molecule has 2 rings (SSSR count). The summed E-state index contributed by atoms with van der Waals surface area (Å²) in [5.74, 6) is 0.597. The summed E-state index contributed by atoms with van der Waals surface area (Å²) >= 11 is 0. The van der Waals surface area contributed by atoms with Gasteiger partial charge in [0, 0.05) is 13.1 Å². The molecule has 88 valence electrons. The first-order valence-corrected chi connectivity index (χ1v) is 6.15. The van der Waals surface area contributed by atoms with Crippen molar-refractivity contribution in [1.82, 2.24) is 4.98 Å². The lowest BCUT2D eigenvalue weighted by molar-refractivity contribution is 0.301. The highest BCUT2D eigenvalue weighted by atomic mass is 15.2. The Hall–Kier alpha value is -1.25. The number of aromatic nitrogens is 1. The first kappa shape index (κ1) is 11.2. The molecule has 1 aliphatic rings. The predicted octanol–water partition coefficient (Wildman–Crippen LogP) is 2.68. The zero-order valence-corrected chi connectivity index (χ0v) is 10.2. The van der Waals surface area contributed by atoms with E-state index in [1.807, 2.05) is 12.3 Å². The van der Waals surface area contributed by atoms with Crippen LogP contribution in [0.3, 0.4) is 0 Å². The molecular formula is C13H21N3. The second-order valence-corrected chi connectivity index (χ2v) is 4.82. The Balaban J connectivity index is 2.11. The van der Waals surface area contributed by atoms with Crippen molar-refractivity contribution in [2.45, 2.75) is 33.1 Å². The summed E-state index contributed by atoms with van der Waals surface area (Å²) in [7, 11) is 0. The molecule has 0 radical (unpaired) electrons. The molecule has 1 fully saturated rings. The molecule has 0 spiro atoms. The third-order valence-electron chi connectivity index (χ3n) is 4.07. The highest BCUT2D eigenvalue weighted by Crippen LogP contribution is 2.38. The summed E-state index contributed by atoms with van der Waals surface area (Å²) in [5.41, 5.74) is 7.32. The molecule has 2 heterocycles. The monoisotopic (exact) mass is 219 g/mol. The average Bonchev–Trinajstić information content (AvgIpc) is 2.75. The highest BCUT2D eigenvalue weighted by Gasteiger charge is 2.34. The van der Waals surface area contributed by atoms with Crippen LogP contribution in [0.1, 0.15) is 33.1 Å². The second kappa shape index (κ2) is 4.32. The topological polar surface area (TPSA) is 42.1 Å². The van der Waals surface area contributed by atoms with Crippen LogP contribution in [0.2, 0.25) is 0 Å². The van der Waals surface area contributed by atoms with Crippen molar-refractivity contribution < 1.29 is 0 Å². The van der Waals surface area contributed by atoms with Gasteiger partial charge in [0.25, 0.3) is 0 Å². The van der Waals surface area contributed by atoms with Gasteiger partial charge in [0.1, 0.15) is 5.82 Å². The summed E-state index contributed by atoms with van der Waals surface area (Å²) in [6.45, 7) is 6.90. The van der Waals surface area contributed by atoms with Crippen LogP contribution < -0.4 is 10.6 Å². The first-order chi connectivity index (χ1) is 7.69. The number of pyridine rings is 1. The molecule has 2 N–H and O–H groups in total. The Morgan fingerprint density at radius 1 is 1.38 bits per heavy atom. The van der Waals surface area contributed by atoms with Gasteiger partial charge in [0.2, 0.25) is 0 Å². The van der Waals surface area contributed by atoms with Gasteiger partial charge in [-0.2, -0.15) is 0 Å². The summed E-state index contributed by atoms with van der Waals surface area (Å²) in [6.07, 6.45) is 5.71. The van der Waals surface area contributed by atoms with Gasteiger partial charge in [-0.3, -0.25) is 0 Å². The van der Waals surface area contributed by atoms with Crippen LogP contribution in [-0.4, -0.2) is 18.1 Å². The largest absolute Gasteiger partial charge is 0.384 e. The van der Waals surface area contributed by atoms with Crippen LogP contribution in [0.15, 0.2) is 18.3 Å². The molecule has 0 aliphatic carbocycles. The highest BCUT2D eigenvalue weighted by molar-refractivity contribution is 5.49. The molecule has 0 amide bonds. The average molecular weight is 219 g/mol. The maximum atomic E-state index is 5.60. The van der Waals surface area contributed by atoms with Crippen LogP contribution in [0, 0.1) is 5.41 Å². The van der Waals surface area contributed by atoms with Crippen molar-refractivity contribution in [1.29, 1.82) is 0 Å². The lowest BCUT2D eigenvalue weighted by Gasteiger charge is -2.27. The Kier molecular flexibility index (Phi) is 3.03. The smallest absolute Gasteiger partial charge is 0.123 e. The van der Waals surface area contributed by atoms with E-state index in [-0.39, 0.29) is 0 Å². The van der Waals surface area contributed by atoms with Crippen molar-refractivity contribution in [3.05, 3.63) is 18.3 Å². The van der Waals surface area contributed by atoms with Crippen LogP contribution in [-0.2, 0) is 0 Å². The fraction of sp³-hybridized carbons (Fsp3) is 0.615. The minimum absolute atomic E-state index is 0.515. The summed E-state index contributed by atoms with van der Waals surface area (Å²) in [6, 6.07) is 3.96. The molecule has 16 heavy (non-hydrogen) atoms. The van der Waals surface area contributed by atoms with Crippen LogP contribution in [0.25, 0.3) is 0 Å². The Morgan fingerprint density at radius 3 is 2.62 bits per heavy atom. The quantitative estimate of drug-likeness (QED) is 0.850. The van der Waals surface area contributed by atoms with E-state index in [2.05, 4.69) is 29.8 Å². The van der Waals surface area contributed by atoms with E-state index in [1.54, 1.807) is 0 Å². The van der Waals surface area contributed by atoms with Crippen LogP contribution in [0.4, 0.5) is 11.5 Å². The minimum atomic E-state index is 0.515. The lowest BCUT2D eigenvalue weighted by Crippen LogP contribution is -2.26. The zero-order chi connectivity index (χ0) is 11.6. The Bertz CT molecular complexity index is 341. The van der Waals surface area contributed by atoms with Gasteiger partial charge in [-0.05, 0) is 36.8 Å². The van der Waals surface area contributed by atoms with Gasteiger partial charge in [-0.25, -0.2) is 4.98 Å². The summed E-state index contributed by atoms with van der Waals surface area (Å²) in [5, 5.41) is 0. The fourth-order valence-corrected chi connectivity index (χ4v) is 2.57. The van der Waals surface area contributed by atoms with Crippen LogP contribution >= 0.6 is 0 Å². The van der Waals surface area contributed by atoms with Gasteiger partial charge in [-0.1, -0.05) is 13.8 Å². The third kappa shape index (κ3) is 1.99. The van der Waals surface area contributed by atoms with E-state index >= 15 is 0 Å². The second-order valence-electron chi connectivity index (χ2n) is 4.82. The van der Waals surface area contributed by atoms with Crippen molar-refractivity contribution in [3.8, 4) is 0 Å². The van der Waals surface area contributed by atoms with Crippen molar-refractivity contribution >= 4 is 11.5 Å². The number of hydrogen-bond acceptors (Lipinski definition) is 3. The summed E-state index contributed by atoms with van der Waals surface area (Å²) in [4.78, 5) is 6.59. The molecule has 3 heteroatoms. The SMILES string of the molecule is CCC1(CC)CCN(c2ccc(N)nc2)C1. The van der Waals surface area contributed by atoms with E-state index in [0.29, 0.717) is 11.2 Å². The number of nitrogens with two attached hydrogens (primary N) is 1. The van der Waals surface area contributed by atoms with E-state index in [4.69, 9.17) is 5.73 Å². The van der Waals surface area contributed by atoms with Gasteiger partial charge in [0.15, 0.2) is 0 Å². The van der Waals surface area contributed by atoms with E-state index in [1.165, 1.54) is 24.9 Å². The molecule has 0 aromatic carbocycles. The fourth-order valence-electron chi connectivity index (χ4n) is 2.57. The van der Waals surface area contributed by atoms with E-state index < -0.39 is 0 Å². The van der Waals surface area contributed by atoms with E-state index in [9.17, 15) is 0 Å². The number of anilines is 2. The number of rotatable bonds is 3. The first-order valence-electron chi connectivity index (χ1n) is 6.15. The Labute approximate surface area is 97.7 Å². The summed E-state index contributed by atoms with van der Waals surface area (Å²) < 4.78 is 0. The van der Waals surface area contributed by atoms with Gasteiger partial charge < -0.3 is 10.6 Å². The van der Waals surface area contributed by atoms with Gasteiger partial charge >= 0.3 is 0 Å². The molecule has 3 nitrogen and oxygen atoms in total. The molecular weight excluding hydrogens is 198 g/mol. The molecule has 0 saturated carbocycles. The Morgan fingerprint density at radius 2 is 2.12 bits per heavy atom. The zero-order valence-electron chi connectivity index (χ0n) is 10.2. The normalized spacial score (nSPS) is 19.0. The minimum Gasteiger partial charge on any atom is -0.384 e. The lowest BCUT2D eigenvalue weighted by atomic mass is 9.82. The molecule has 1 saturated heterocycles. The maximum absolute atomic E-state index is 5.60. The van der Waals surface area contributed by atoms with E-state index in [0.717, 1.165) is 13.1 Å².